The minimum Gasteiger partial charge on any atom is -0.342 e. The quantitative estimate of drug-likeness (QED) is 0.733. The number of piperidine rings is 1. The first-order chi connectivity index (χ1) is 14.6. The summed E-state index contributed by atoms with van der Waals surface area (Å²) in [6, 6.07) is 1.14. The second kappa shape index (κ2) is 7.80. The SMILES string of the molecule is Cc1noc2nc(C3CCN(C(=O)[C@H]4CC(=O)N(C(C)C)C4)CC3)cc(C(F)(F)F)c12. The van der Waals surface area contributed by atoms with Crippen LogP contribution < -0.4 is 0 Å². The van der Waals surface area contributed by atoms with Crippen LogP contribution in [0.1, 0.15) is 56.0 Å². The Hall–Kier alpha value is -2.65. The second-order valence-corrected chi connectivity index (χ2v) is 8.68. The molecule has 0 spiro atoms. The van der Waals surface area contributed by atoms with Gasteiger partial charge >= 0.3 is 6.18 Å². The molecule has 0 unspecified atom stereocenters. The average Bonchev–Trinajstić information content (AvgIpc) is 3.29. The first kappa shape index (κ1) is 21.6. The molecule has 2 aliphatic heterocycles. The third kappa shape index (κ3) is 3.99. The third-order valence-corrected chi connectivity index (χ3v) is 6.30. The van der Waals surface area contributed by atoms with Crippen LogP contribution in [-0.4, -0.2) is 57.4 Å². The summed E-state index contributed by atoms with van der Waals surface area (Å²) in [6.45, 7) is 6.57. The average molecular weight is 438 g/mol. The van der Waals surface area contributed by atoms with Crippen molar-refractivity contribution < 1.29 is 27.3 Å². The van der Waals surface area contributed by atoms with Gasteiger partial charge in [-0.15, -0.1) is 0 Å². The van der Waals surface area contributed by atoms with E-state index in [0.29, 0.717) is 38.2 Å². The maximum Gasteiger partial charge on any atom is 0.417 e. The van der Waals surface area contributed by atoms with Crippen molar-refractivity contribution in [1.82, 2.24) is 19.9 Å². The number of aromatic nitrogens is 2. The largest absolute Gasteiger partial charge is 0.417 e. The highest BCUT2D eigenvalue weighted by Gasteiger charge is 2.39. The van der Waals surface area contributed by atoms with E-state index in [1.54, 1.807) is 9.80 Å². The zero-order valence-corrected chi connectivity index (χ0v) is 17.7. The Kier molecular flexibility index (Phi) is 5.43. The van der Waals surface area contributed by atoms with E-state index >= 15 is 0 Å². The first-order valence-corrected chi connectivity index (χ1v) is 10.5. The molecule has 1 atom stereocenters. The van der Waals surface area contributed by atoms with Crippen molar-refractivity contribution in [3.05, 3.63) is 23.0 Å². The molecule has 7 nitrogen and oxygen atoms in total. The summed E-state index contributed by atoms with van der Waals surface area (Å²) in [4.78, 5) is 32.7. The zero-order chi connectivity index (χ0) is 22.5. The zero-order valence-electron chi connectivity index (χ0n) is 17.7. The van der Waals surface area contributed by atoms with Crippen molar-refractivity contribution >= 4 is 22.9 Å². The highest BCUT2D eigenvalue weighted by molar-refractivity contribution is 5.89. The van der Waals surface area contributed by atoms with Gasteiger partial charge in [0.15, 0.2) is 0 Å². The van der Waals surface area contributed by atoms with Gasteiger partial charge in [0.2, 0.25) is 11.8 Å². The number of halogens is 3. The van der Waals surface area contributed by atoms with Crippen LogP contribution in [0.4, 0.5) is 13.2 Å². The number of fused-ring (bicyclic) bond motifs is 1. The van der Waals surface area contributed by atoms with Crippen molar-refractivity contribution in [2.45, 2.75) is 58.2 Å². The first-order valence-electron chi connectivity index (χ1n) is 10.5. The maximum atomic E-state index is 13.6. The van der Waals surface area contributed by atoms with Gasteiger partial charge in [0.25, 0.3) is 5.71 Å². The molecular formula is C21H25F3N4O3. The van der Waals surface area contributed by atoms with Crippen molar-refractivity contribution in [2.75, 3.05) is 19.6 Å². The molecule has 0 bridgehead atoms. The highest BCUT2D eigenvalue weighted by Crippen LogP contribution is 2.39. The van der Waals surface area contributed by atoms with Gasteiger partial charge in [0.05, 0.1) is 22.6 Å². The number of rotatable bonds is 3. The van der Waals surface area contributed by atoms with Gasteiger partial charge in [-0.25, -0.2) is 4.98 Å². The molecule has 10 heteroatoms. The molecule has 0 N–H and O–H groups in total. The van der Waals surface area contributed by atoms with Gasteiger partial charge in [0, 0.05) is 43.7 Å². The fourth-order valence-electron chi connectivity index (χ4n) is 4.60. The van der Waals surface area contributed by atoms with Crippen LogP contribution in [0.2, 0.25) is 0 Å². The molecule has 0 aromatic carbocycles. The Morgan fingerprint density at radius 3 is 2.52 bits per heavy atom. The van der Waals surface area contributed by atoms with Crippen LogP contribution in [-0.2, 0) is 15.8 Å². The predicted molar refractivity (Wildman–Crippen MR) is 105 cm³/mol. The lowest BCUT2D eigenvalue weighted by Gasteiger charge is -2.33. The minimum absolute atomic E-state index is 0.0113. The van der Waals surface area contributed by atoms with Crippen LogP contribution in [0.15, 0.2) is 10.6 Å². The maximum absolute atomic E-state index is 13.6. The van der Waals surface area contributed by atoms with E-state index in [1.165, 1.54) is 6.92 Å². The number of likely N-dealkylation sites (tertiary alicyclic amines) is 2. The van der Waals surface area contributed by atoms with Crippen molar-refractivity contribution in [2.24, 2.45) is 5.92 Å². The van der Waals surface area contributed by atoms with E-state index in [2.05, 4.69) is 10.1 Å². The lowest BCUT2D eigenvalue weighted by atomic mass is 9.91. The standard InChI is InChI=1S/C21H25F3N4O3/c1-11(2)28-10-14(8-17(28)29)20(30)27-6-4-13(5-7-27)16-9-15(21(22,23)24)18-12(3)26-31-19(18)25-16/h9,11,13-14H,4-8,10H2,1-3H3/t14-/m0/s1. The Morgan fingerprint density at radius 2 is 1.94 bits per heavy atom. The Morgan fingerprint density at radius 1 is 1.26 bits per heavy atom. The fraction of sp³-hybridized carbons (Fsp3) is 0.619. The summed E-state index contributed by atoms with van der Waals surface area (Å²) < 4.78 is 45.8. The molecule has 168 valence electrons. The topological polar surface area (TPSA) is 79.5 Å². The molecule has 0 radical (unpaired) electrons. The Labute approximate surface area is 177 Å². The molecule has 4 heterocycles. The number of hydrogen-bond acceptors (Lipinski definition) is 5. The second-order valence-electron chi connectivity index (χ2n) is 8.68. The normalized spacial score (nSPS) is 21.0. The smallest absolute Gasteiger partial charge is 0.342 e. The Balaban J connectivity index is 1.47. The number of pyridine rings is 1. The minimum atomic E-state index is -4.54. The Bertz CT molecular complexity index is 1010. The molecule has 2 aromatic heterocycles. The van der Waals surface area contributed by atoms with Crippen LogP contribution >= 0.6 is 0 Å². The molecule has 0 saturated carbocycles. The third-order valence-electron chi connectivity index (χ3n) is 6.30. The summed E-state index contributed by atoms with van der Waals surface area (Å²) >= 11 is 0. The van der Waals surface area contributed by atoms with Crippen LogP contribution in [0, 0.1) is 12.8 Å². The van der Waals surface area contributed by atoms with Crippen molar-refractivity contribution in [3.8, 4) is 0 Å². The monoisotopic (exact) mass is 438 g/mol. The van der Waals surface area contributed by atoms with E-state index in [0.717, 1.165) is 6.07 Å². The molecule has 2 saturated heterocycles. The van der Waals surface area contributed by atoms with Gasteiger partial charge in [-0.1, -0.05) is 5.16 Å². The van der Waals surface area contributed by atoms with E-state index in [4.69, 9.17) is 4.52 Å². The van der Waals surface area contributed by atoms with Crippen LogP contribution in [0.25, 0.3) is 11.1 Å². The lowest BCUT2D eigenvalue weighted by Crippen LogP contribution is -2.42. The van der Waals surface area contributed by atoms with E-state index in [-0.39, 0.29) is 52.9 Å². The highest BCUT2D eigenvalue weighted by atomic mass is 19.4. The fourth-order valence-corrected chi connectivity index (χ4v) is 4.60. The van der Waals surface area contributed by atoms with E-state index in [1.807, 2.05) is 13.8 Å². The predicted octanol–water partition coefficient (Wildman–Crippen LogP) is 3.51. The number of hydrogen-bond donors (Lipinski definition) is 0. The van der Waals surface area contributed by atoms with Gasteiger partial charge in [0.1, 0.15) is 0 Å². The van der Waals surface area contributed by atoms with E-state index in [9.17, 15) is 22.8 Å². The lowest BCUT2D eigenvalue weighted by molar-refractivity contribution is -0.137. The van der Waals surface area contributed by atoms with E-state index < -0.39 is 11.7 Å². The number of carbonyl (C=O) groups is 2. The van der Waals surface area contributed by atoms with Gasteiger partial charge in [-0.2, -0.15) is 13.2 Å². The molecule has 4 rings (SSSR count). The summed E-state index contributed by atoms with van der Waals surface area (Å²) in [5, 5.41) is 3.53. The molecule has 0 aliphatic carbocycles. The number of amides is 2. The molecule has 2 fully saturated rings. The van der Waals surface area contributed by atoms with Crippen molar-refractivity contribution in [3.63, 3.8) is 0 Å². The van der Waals surface area contributed by atoms with Gasteiger partial charge < -0.3 is 14.3 Å². The number of carbonyl (C=O) groups excluding carboxylic acids is 2. The summed E-state index contributed by atoms with van der Waals surface area (Å²) in [7, 11) is 0. The molecule has 2 amide bonds. The number of aryl methyl sites for hydroxylation is 1. The van der Waals surface area contributed by atoms with Crippen molar-refractivity contribution in [1.29, 1.82) is 0 Å². The molecule has 2 aromatic rings. The summed E-state index contributed by atoms with van der Waals surface area (Å²) in [6.07, 6.45) is -3.32. The molecule has 31 heavy (non-hydrogen) atoms. The number of nitrogens with zero attached hydrogens (tertiary/aromatic N) is 4. The van der Waals surface area contributed by atoms with Crippen LogP contribution in [0.3, 0.4) is 0 Å². The van der Waals surface area contributed by atoms with Gasteiger partial charge in [-0.05, 0) is 39.7 Å². The number of alkyl halides is 3. The summed E-state index contributed by atoms with van der Waals surface area (Å²) in [5.41, 5.74) is -0.435. The molecular weight excluding hydrogens is 413 g/mol. The summed E-state index contributed by atoms with van der Waals surface area (Å²) in [5.74, 6) is -0.629. The van der Waals surface area contributed by atoms with Gasteiger partial charge in [-0.3, -0.25) is 9.59 Å². The molecule has 2 aliphatic rings. The van der Waals surface area contributed by atoms with Crippen LogP contribution in [0.5, 0.6) is 0 Å².